The molecule has 3 N–H and O–H groups in total. The van der Waals surface area contributed by atoms with Gasteiger partial charge in [0.2, 0.25) is 0 Å². The molecule has 2 aromatic rings. The Kier molecular flexibility index (Phi) is 3.38. The van der Waals surface area contributed by atoms with E-state index in [0.717, 1.165) is 0 Å². The van der Waals surface area contributed by atoms with Crippen LogP contribution in [0.15, 0.2) is 30.5 Å². The van der Waals surface area contributed by atoms with Gasteiger partial charge in [-0.15, -0.1) is 0 Å². The van der Waals surface area contributed by atoms with Crippen molar-refractivity contribution in [3.63, 3.8) is 0 Å². The fourth-order valence-electron chi connectivity index (χ4n) is 1.68. The lowest BCUT2D eigenvalue weighted by Crippen LogP contribution is -2.18. The highest BCUT2D eigenvalue weighted by Gasteiger charge is 2.13. The van der Waals surface area contributed by atoms with Crippen LogP contribution >= 0.6 is 0 Å². The molecule has 6 heteroatoms. The van der Waals surface area contributed by atoms with Crippen molar-refractivity contribution in [2.24, 2.45) is 5.73 Å². The van der Waals surface area contributed by atoms with E-state index >= 15 is 0 Å². The van der Waals surface area contributed by atoms with Gasteiger partial charge < -0.3 is 11.1 Å². The highest BCUT2D eigenvalue weighted by atomic mass is 19.1. The number of nitrogens with two attached hydrogens (primary N) is 1. The Morgan fingerprint density at radius 3 is 2.94 bits per heavy atom. The summed E-state index contributed by atoms with van der Waals surface area (Å²) in [5.74, 6) is -0.746. The first kappa shape index (κ1) is 12.3. The predicted octanol–water partition coefficient (Wildman–Crippen LogP) is 0.830. The smallest absolute Gasteiger partial charge is 0.271 e. The summed E-state index contributed by atoms with van der Waals surface area (Å²) in [6, 6.07) is 6.16. The molecular weight excluding hydrogens is 235 g/mol. The van der Waals surface area contributed by atoms with Gasteiger partial charge in [0.05, 0.1) is 0 Å². The maximum atomic E-state index is 13.8. The van der Waals surface area contributed by atoms with Gasteiger partial charge in [-0.25, -0.2) is 9.07 Å². The van der Waals surface area contributed by atoms with Crippen LogP contribution in [0.25, 0.3) is 5.69 Å². The van der Waals surface area contributed by atoms with E-state index in [9.17, 15) is 9.18 Å². The minimum absolute atomic E-state index is 0.197. The lowest BCUT2D eigenvalue weighted by atomic mass is 10.1. The first-order valence-electron chi connectivity index (χ1n) is 5.43. The number of carbonyl (C=O) groups is 1. The summed E-state index contributed by atoms with van der Waals surface area (Å²) in [7, 11) is 1.51. The van der Waals surface area contributed by atoms with E-state index in [1.165, 1.54) is 30.1 Å². The third-order valence-electron chi connectivity index (χ3n) is 2.57. The summed E-state index contributed by atoms with van der Waals surface area (Å²) in [5, 5.41) is 6.49. The second-order valence-corrected chi connectivity index (χ2v) is 3.68. The second-order valence-electron chi connectivity index (χ2n) is 3.68. The maximum absolute atomic E-state index is 13.8. The van der Waals surface area contributed by atoms with E-state index in [1.54, 1.807) is 12.1 Å². The van der Waals surface area contributed by atoms with E-state index in [0.29, 0.717) is 5.56 Å². The van der Waals surface area contributed by atoms with Crippen LogP contribution in [0.4, 0.5) is 4.39 Å². The SMILES string of the molecule is CNC(=O)c1ccn(-c2c(F)cccc2CN)n1. The number of carbonyl (C=O) groups excluding carboxylic acids is 1. The summed E-state index contributed by atoms with van der Waals surface area (Å²) in [6.45, 7) is 0.197. The van der Waals surface area contributed by atoms with Gasteiger partial charge in [0, 0.05) is 19.8 Å². The fourth-order valence-corrected chi connectivity index (χ4v) is 1.68. The number of rotatable bonds is 3. The molecule has 1 aromatic heterocycles. The van der Waals surface area contributed by atoms with Gasteiger partial charge in [-0.2, -0.15) is 5.10 Å². The number of para-hydroxylation sites is 1. The lowest BCUT2D eigenvalue weighted by Gasteiger charge is -2.08. The first-order chi connectivity index (χ1) is 8.67. The summed E-state index contributed by atoms with van der Waals surface area (Å²) in [6.07, 6.45) is 1.53. The number of nitrogens with one attached hydrogen (secondary N) is 1. The molecule has 0 unspecified atom stereocenters. The molecule has 0 bridgehead atoms. The molecule has 18 heavy (non-hydrogen) atoms. The van der Waals surface area contributed by atoms with Gasteiger partial charge in [-0.3, -0.25) is 4.79 Å². The monoisotopic (exact) mass is 248 g/mol. The van der Waals surface area contributed by atoms with E-state index in [-0.39, 0.29) is 23.8 Å². The average molecular weight is 248 g/mol. The van der Waals surface area contributed by atoms with Gasteiger partial charge in [-0.1, -0.05) is 12.1 Å². The maximum Gasteiger partial charge on any atom is 0.271 e. The van der Waals surface area contributed by atoms with Crippen molar-refractivity contribution in [2.45, 2.75) is 6.54 Å². The van der Waals surface area contributed by atoms with Gasteiger partial charge in [-0.05, 0) is 17.7 Å². The number of aromatic nitrogens is 2. The number of hydrogen-bond acceptors (Lipinski definition) is 3. The van der Waals surface area contributed by atoms with E-state index in [2.05, 4.69) is 10.4 Å². The predicted molar refractivity (Wildman–Crippen MR) is 64.8 cm³/mol. The topological polar surface area (TPSA) is 72.9 Å². The Bertz CT molecular complexity index is 579. The minimum Gasteiger partial charge on any atom is -0.354 e. The molecule has 0 aliphatic rings. The first-order valence-corrected chi connectivity index (χ1v) is 5.43. The number of nitrogens with zero attached hydrogens (tertiary/aromatic N) is 2. The molecule has 0 saturated heterocycles. The Morgan fingerprint density at radius 2 is 2.28 bits per heavy atom. The quantitative estimate of drug-likeness (QED) is 0.845. The third-order valence-corrected chi connectivity index (χ3v) is 2.57. The highest BCUT2D eigenvalue weighted by molar-refractivity contribution is 5.91. The van der Waals surface area contributed by atoms with Crippen molar-refractivity contribution in [2.75, 3.05) is 7.05 Å². The van der Waals surface area contributed by atoms with E-state index in [1.807, 2.05) is 0 Å². The van der Waals surface area contributed by atoms with Crippen LogP contribution in [-0.4, -0.2) is 22.7 Å². The molecule has 5 nitrogen and oxygen atoms in total. The summed E-state index contributed by atoms with van der Waals surface area (Å²) in [5.41, 5.74) is 6.69. The van der Waals surface area contributed by atoms with Crippen LogP contribution < -0.4 is 11.1 Å². The molecule has 0 fully saturated rings. The molecule has 2 rings (SSSR count). The molecule has 1 heterocycles. The minimum atomic E-state index is -0.426. The molecule has 0 atom stereocenters. The van der Waals surface area contributed by atoms with E-state index < -0.39 is 5.82 Å². The molecule has 1 amide bonds. The molecule has 94 valence electrons. The molecule has 0 aliphatic carbocycles. The number of hydrogen-bond donors (Lipinski definition) is 2. The number of amides is 1. The average Bonchev–Trinajstić information content (AvgIpc) is 2.86. The number of benzene rings is 1. The zero-order valence-electron chi connectivity index (χ0n) is 9.85. The van der Waals surface area contributed by atoms with Crippen LogP contribution in [0, 0.1) is 5.82 Å². The lowest BCUT2D eigenvalue weighted by molar-refractivity contribution is 0.0957. The molecule has 1 aromatic carbocycles. The van der Waals surface area contributed by atoms with E-state index in [4.69, 9.17) is 5.73 Å². The third kappa shape index (κ3) is 2.10. The Labute approximate surface area is 103 Å². The summed E-state index contributed by atoms with van der Waals surface area (Å²) < 4.78 is 15.1. The van der Waals surface area contributed by atoms with Crippen LogP contribution in [0.3, 0.4) is 0 Å². The molecule has 0 radical (unpaired) electrons. The Balaban J connectivity index is 2.49. The van der Waals surface area contributed by atoms with Gasteiger partial charge in [0.25, 0.3) is 5.91 Å². The van der Waals surface area contributed by atoms with Gasteiger partial charge in [0.1, 0.15) is 11.5 Å². The van der Waals surface area contributed by atoms with Gasteiger partial charge in [0.15, 0.2) is 5.69 Å². The molecule has 0 spiro atoms. The van der Waals surface area contributed by atoms with Crippen molar-refractivity contribution in [3.05, 3.63) is 47.5 Å². The van der Waals surface area contributed by atoms with Crippen molar-refractivity contribution < 1.29 is 9.18 Å². The zero-order valence-corrected chi connectivity index (χ0v) is 9.85. The second kappa shape index (κ2) is 4.97. The van der Waals surface area contributed by atoms with Crippen molar-refractivity contribution in [1.82, 2.24) is 15.1 Å². The fraction of sp³-hybridized carbons (Fsp3) is 0.167. The summed E-state index contributed by atoms with van der Waals surface area (Å²) >= 11 is 0. The van der Waals surface area contributed by atoms with Gasteiger partial charge >= 0.3 is 0 Å². The molecular formula is C12H13FN4O. The van der Waals surface area contributed by atoms with Crippen LogP contribution in [0.5, 0.6) is 0 Å². The summed E-state index contributed by atoms with van der Waals surface area (Å²) in [4.78, 5) is 11.4. The normalized spacial score (nSPS) is 10.4. The highest BCUT2D eigenvalue weighted by Crippen LogP contribution is 2.18. The number of halogens is 1. The van der Waals surface area contributed by atoms with Crippen LogP contribution in [0.1, 0.15) is 16.1 Å². The van der Waals surface area contributed by atoms with Crippen molar-refractivity contribution in [3.8, 4) is 5.69 Å². The van der Waals surface area contributed by atoms with Crippen LogP contribution in [-0.2, 0) is 6.54 Å². The molecule has 0 aliphatic heterocycles. The standard InChI is InChI=1S/C12H13FN4O/c1-15-12(18)10-5-6-17(16-10)11-8(7-14)3-2-4-9(11)13/h2-6H,7,14H2,1H3,(H,15,18). The Morgan fingerprint density at radius 1 is 1.50 bits per heavy atom. The van der Waals surface area contributed by atoms with Crippen molar-refractivity contribution >= 4 is 5.91 Å². The van der Waals surface area contributed by atoms with Crippen molar-refractivity contribution in [1.29, 1.82) is 0 Å². The molecule has 0 saturated carbocycles. The zero-order chi connectivity index (χ0) is 13.1. The largest absolute Gasteiger partial charge is 0.354 e. The Hall–Kier alpha value is -2.21. The van der Waals surface area contributed by atoms with Crippen LogP contribution in [0.2, 0.25) is 0 Å².